The lowest BCUT2D eigenvalue weighted by Crippen LogP contribution is -2.31. The van der Waals surface area contributed by atoms with Crippen LogP contribution in [0.25, 0.3) is 0 Å². The number of nitrogens with two attached hydrogens (primary N) is 1. The summed E-state index contributed by atoms with van der Waals surface area (Å²) in [6.45, 7) is 4.98. The van der Waals surface area contributed by atoms with Crippen molar-refractivity contribution in [3.63, 3.8) is 0 Å². The number of rotatable bonds is 2. The van der Waals surface area contributed by atoms with Gasteiger partial charge < -0.3 is 16.5 Å². The molecule has 0 aromatic carbocycles. The highest BCUT2D eigenvalue weighted by atomic mass is 14.9. The minimum absolute atomic E-state index is 0.254. The van der Waals surface area contributed by atoms with Crippen LogP contribution in [-0.2, 0) is 0 Å². The van der Waals surface area contributed by atoms with Crippen LogP contribution in [0.5, 0.6) is 0 Å². The van der Waals surface area contributed by atoms with E-state index < -0.39 is 0 Å². The van der Waals surface area contributed by atoms with Crippen molar-refractivity contribution in [1.82, 2.24) is 5.32 Å². The Labute approximate surface area is 73.5 Å². The first kappa shape index (κ1) is 9.10. The summed E-state index contributed by atoms with van der Waals surface area (Å²) in [6, 6.07) is 0. The van der Waals surface area contributed by atoms with E-state index in [9.17, 15) is 0 Å². The molecule has 3 nitrogen and oxygen atoms in total. The van der Waals surface area contributed by atoms with E-state index in [0.29, 0.717) is 5.71 Å². The fourth-order valence-corrected chi connectivity index (χ4v) is 1.29. The van der Waals surface area contributed by atoms with E-state index in [1.165, 1.54) is 0 Å². The topological polar surface area (TPSA) is 61.9 Å². The molecule has 3 heteroatoms. The highest BCUT2D eigenvalue weighted by Crippen LogP contribution is 2.13. The molecule has 0 unspecified atom stereocenters. The summed E-state index contributed by atoms with van der Waals surface area (Å²) < 4.78 is 0. The fourth-order valence-electron chi connectivity index (χ4n) is 1.29. The molecule has 12 heavy (non-hydrogen) atoms. The van der Waals surface area contributed by atoms with Gasteiger partial charge in [-0.2, -0.15) is 0 Å². The Kier molecular flexibility index (Phi) is 2.74. The van der Waals surface area contributed by atoms with Gasteiger partial charge in [0.25, 0.3) is 0 Å². The average molecular weight is 167 g/mol. The van der Waals surface area contributed by atoms with E-state index in [1.54, 1.807) is 0 Å². The third-order valence-electron chi connectivity index (χ3n) is 2.09. The number of nitrogens with one attached hydrogen (secondary N) is 2. The zero-order chi connectivity index (χ0) is 9.14. The molecule has 0 bridgehead atoms. The van der Waals surface area contributed by atoms with Gasteiger partial charge in [-0.05, 0) is 18.8 Å². The molecule has 1 aliphatic rings. The highest BCUT2D eigenvalue weighted by molar-refractivity contribution is 5.99. The first-order valence-electron chi connectivity index (χ1n) is 4.44. The second kappa shape index (κ2) is 3.61. The molecule has 0 saturated heterocycles. The van der Waals surface area contributed by atoms with Gasteiger partial charge >= 0.3 is 0 Å². The van der Waals surface area contributed by atoms with E-state index in [1.807, 2.05) is 13.8 Å². The van der Waals surface area contributed by atoms with E-state index in [-0.39, 0.29) is 5.92 Å². The van der Waals surface area contributed by atoms with Crippen molar-refractivity contribution in [3.8, 4) is 0 Å². The number of hydrogen-bond donors (Lipinski definition) is 3. The highest BCUT2D eigenvalue weighted by Gasteiger charge is 2.15. The summed E-state index contributed by atoms with van der Waals surface area (Å²) in [7, 11) is 0. The molecule has 1 rings (SSSR count). The SMILES string of the molecule is CC(C)C(=N)C1=C(N)CCCN1. The van der Waals surface area contributed by atoms with Crippen LogP contribution in [0.1, 0.15) is 26.7 Å². The van der Waals surface area contributed by atoms with Crippen LogP contribution in [0, 0.1) is 11.3 Å². The first-order chi connectivity index (χ1) is 5.63. The van der Waals surface area contributed by atoms with Gasteiger partial charge in [-0.25, -0.2) is 0 Å². The van der Waals surface area contributed by atoms with Gasteiger partial charge in [0.15, 0.2) is 0 Å². The van der Waals surface area contributed by atoms with Crippen molar-refractivity contribution >= 4 is 5.71 Å². The standard InChI is InChI=1S/C9H17N3/c1-6(2)8(11)9-7(10)4-3-5-12-9/h6,11-12H,3-5,10H2,1-2H3. The molecular weight excluding hydrogens is 150 g/mol. The van der Waals surface area contributed by atoms with Crippen LogP contribution in [0.2, 0.25) is 0 Å². The Bertz CT molecular complexity index is 216. The van der Waals surface area contributed by atoms with E-state index >= 15 is 0 Å². The van der Waals surface area contributed by atoms with Gasteiger partial charge in [0, 0.05) is 12.2 Å². The molecule has 0 atom stereocenters. The molecule has 0 aromatic heterocycles. The molecule has 4 N–H and O–H groups in total. The maximum absolute atomic E-state index is 7.77. The zero-order valence-corrected chi connectivity index (χ0v) is 7.78. The van der Waals surface area contributed by atoms with Gasteiger partial charge in [0.1, 0.15) is 0 Å². The summed E-state index contributed by atoms with van der Waals surface area (Å²) in [5, 5.41) is 10.9. The molecule has 0 aliphatic carbocycles. The Morgan fingerprint density at radius 1 is 1.58 bits per heavy atom. The summed E-state index contributed by atoms with van der Waals surface area (Å²) in [5.74, 6) is 0.254. The number of allylic oxidation sites excluding steroid dienone is 2. The van der Waals surface area contributed by atoms with Crippen molar-refractivity contribution in [2.45, 2.75) is 26.7 Å². The third-order valence-corrected chi connectivity index (χ3v) is 2.09. The van der Waals surface area contributed by atoms with Crippen LogP contribution >= 0.6 is 0 Å². The molecule has 0 fully saturated rings. The maximum Gasteiger partial charge on any atom is 0.0744 e. The lowest BCUT2D eigenvalue weighted by Gasteiger charge is -2.21. The van der Waals surface area contributed by atoms with Crippen LogP contribution in [-0.4, -0.2) is 12.3 Å². The Morgan fingerprint density at radius 3 is 2.75 bits per heavy atom. The van der Waals surface area contributed by atoms with Crippen LogP contribution in [0.3, 0.4) is 0 Å². The van der Waals surface area contributed by atoms with Crippen molar-refractivity contribution in [2.75, 3.05) is 6.54 Å². The third kappa shape index (κ3) is 1.78. The van der Waals surface area contributed by atoms with Gasteiger partial charge in [0.2, 0.25) is 0 Å². The van der Waals surface area contributed by atoms with Crippen molar-refractivity contribution in [3.05, 3.63) is 11.4 Å². The largest absolute Gasteiger partial charge is 0.400 e. The molecule has 1 heterocycles. The smallest absolute Gasteiger partial charge is 0.0744 e. The normalized spacial score (nSPS) is 17.9. The van der Waals surface area contributed by atoms with E-state index in [2.05, 4.69) is 5.32 Å². The molecule has 0 amide bonds. The Balaban J connectivity index is 2.78. The van der Waals surface area contributed by atoms with Crippen molar-refractivity contribution in [1.29, 1.82) is 5.41 Å². The van der Waals surface area contributed by atoms with Gasteiger partial charge in [-0.1, -0.05) is 13.8 Å². The van der Waals surface area contributed by atoms with Gasteiger partial charge in [0.05, 0.1) is 11.4 Å². The predicted octanol–water partition coefficient (Wildman–Crippen LogP) is 1.22. The fraction of sp³-hybridized carbons (Fsp3) is 0.667. The molecule has 0 radical (unpaired) electrons. The predicted molar refractivity (Wildman–Crippen MR) is 51.0 cm³/mol. The average Bonchev–Trinajstić information content (AvgIpc) is 2.04. The minimum Gasteiger partial charge on any atom is -0.400 e. The first-order valence-corrected chi connectivity index (χ1v) is 4.44. The molecule has 0 saturated carbocycles. The second-order valence-corrected chi connectivity index (χ2v) is 3.50. The van der Waals surface area contributed by atoms with Crippen molar-refractivity contribution < 1.29 is 0 Å². The monoisotopic (exact) mass is 167 g/mol. The van der Waals surface area contributed by atoms with Crippen LogP contribution in [0.4, 0.5) is 0 Å². The molecule has 0 aromatic rings. The van der Waals surface area contributed by atoms with Gasteiger partial charge in [-0.3, -0.25) is 0 Å². The molecular formula is C9H17N3. The summed E-state index contributed by atoms with van der Waals surface area (Å²) in [6.07, 6.45) is 2.01. The summed E-state index contributed by atoms with van der Waals surface area (Å²) in [4.78, 5) is 0. The van der Waals surface area contributed by atoms with E-state index in [4.69, 9.17) is 11.1 Å². The molecule has 0 spiro atoms. The van der Waals surface area contributed by atoms with E-state index in [0.717, 1.165) is 30.8 Å². The molecule has 68 valence electrons. The quantitative estimate of drug-likeness (QED) is 0.541. The van der Waals surface area contributed by atoms with Crippen molar-refractivity contribution in [2.24, 2.45) is 11.7 Å². The Hall–Kier alpha value is -0.990. The van der Waals surface area contributed by atoms with Crippen LogP contribution in [0.15, 0.2) is 11.4 Å². The molecule has 1 aliphatic heterocycles. The lowest BCUT2D eigenvalue weighted by molar-refractivity contribution is 0.666. The zero-order valence-electron chi connectivity index (χ0n) is 7.78. The van der Waals surface area contributed by atoms with Crippen LogP contribution < -0.4 is 11.1 Å². The maximum atomic E-state index is 7.77. The summed E-state index contributed by atoms with van der Waals surface area (Å²) >= 11 is 0. The summed E-state index contributed by atoms with van der Waals surface area (Å²) in [5.41, 5.74) is 8.14. The van der Waals surface area contributed by atoms with Gasteiger partial charge in [-0.15, -0.1) is 0 Å². The second-order valence-electron chi connectivity index (χ2n) is 3.50. The Morgan fingerprint density at radius 2 is 2.25 bits per heavy atom. The lowest BCUT2D eigenvalue weighted by atomic mass is 10.00. The number of hydrogen-bond acceptors (Lipinski definition) is 3. The minimum atomic E-state index is 0.254.